The van der Waals surface area contributed by atoms with E-state index in [9.17, 15) is 4.79 Å². The van der Waals surface area contributed by atoms with Crippen molar-refractivity contribution in [3.63, 3.8) is 0 Å². The normalized spacial score (nSPS) is 45.3. The molecule has 2 heteroatoms. The van der Waals surface area contributed by atoms with Crippen molar-refractivity contribution < 1.29 is 9.53 Å². The van der Waals surface area contributed by atoms with Crippen molar-refractivity contribution in [3.05, 3.63) is 0 Å². The molecule has 0 radical (unpaired) electrons. The van der Waals surface area contributed by atoms with E-state index < -0.39 is 0 Å². The number of ether oxygens (including phenoxy) is 1. The summed E-state index contributed by atoms with van der Waals surface area (Å²) in [5, 5.41) is 0. The van der Waals surface area contributed by atoms with Crippen LogP contribution in [-0.4, -0.2) is 19.0 Å². The van der Waals surface area contributed by atoms with Crippen LogP contribution in [-0.2, 0) is 9.53 Å². The van der Waals surface area contributed by atoms with Gasteiger partial charge in [-0.2, -0.15) is 0 Å². The molecule has 0 saturated heterocycles. The van der Waals surface area contributed by atoms with Gasteiger partial charge in [0.1, 0.15) is 5.78 Å². The number of hydrogen-bond acceptors (Lipinski definition) is 2. The smallest absolute Gasteiger partial charge is 0.135 e. The van der Waals surface area contributed by atoms with Crippen LogP contribution < -0.4 is 0 Å². The van der Waals surface area contributed by atoms with Gasteiger partial charge in [0.05, 0.1) is 0 Å². The molecule has 0 aromatic carbocycles. The fourth-order valence-corrected chi connectivity index (χ4v) is 6.90. The Labute approximate surface area is 149 Å². The van der Waals surface area contributed by atoms with Gasteiger partial charge in [0.25, 0.3) is 0 Å². The quantitative estimate of drug-likeness (QED) is 0.664. The van der Waals surface area contributed by atoms with E-state index in [0.717, 1.165) is 49.2 Å². The Balaban J connectivity index is 1.70. The van der Waals surface area contributed by atoms with Gasteiger partial charge in [-0.1, -0.05) is 20.3 Å². The summed E-state index contributed by atoms with van der Waals surface area (Å²) in [5.41, 5.74) is -0.0467. The minimum absolute atomic E-state index is 0.0467. The average molecular weight is 335 g/mol. The number of rotatable bonds is 5. The molecule has 2 nitrogen and oxygen atoms in total. The molecule has 7 unspecified atom stereocenters. The molecule has 138 valence electrons. The zero-order valence-corrected chi connectivity index (χ0v) is 16.4. The number of Topliss-reactive ketones (excluding diaryl/α,β-unsaturated/α-hetero) is 1. The van der Waals surface area contributed by atoms with Crippen LogP contribution in [0.5, 0.6) is 0 Å². The van der Waals surface area contributed by atoms with Crippen LogP contribution in [0.25, 0.3) is 0 Å². The van der Waals surface area contributed by atoms with E-state index in [4.69, 9.17) is 4.74 Å². The highest BCUT2D eigenvalue weighted by molar-refractivity contribution is 5.82. The summed E-state index contributed by atoms with van der Waals surface area (Å²) >= 11 is 0. The SMILES string of the molecule is CCOCC1CCC2C(CCC3C2CCC(C)(C(C)=O)C3CC)C1. The van der Waals surface area contributed by atoms with E-state index in [1.165, 1.54) is 44.9 Å². The van der Waals surface area contributed by atoms with Gasteiger partial charge in [0.2, 0.25) is 0 Å². The van der Waals surface area contributed by atoms with Gasteiger partial charge in [-0.15, -0.1) is 0 Å². The summed E-state index contributed by atoms with van der Waals surface area (Å²) in [6.45, 7) is 10.4. The Morgan fingerprint density at radius 2 is 1.79 bits per heavy atom. The first-order valence-electron chi connectivity index (χ1n) is 10.6. The second-order valence-electron chi connectivity index (χ2n) is 9.19. The van der Waals surface area contributed by atoms with Crippen molar-refractivity contribution >= 4 is 5.78 Å². The molecular weight excluding hydrogens is 296 g/mol. The second-order valence-corrected chi connectivity index (χ2v) is 9.19. The molecular formula is C22H38O2. The molecule has 0 aliphatic heterocycles. The molecule has 0 amide bonds. The van der Waals surface area contributed by atoms with E-state index in [1.807, 2.05) is 6.92 Å². The van der Waals surface area contributed by atoms with E-state index in [2.05, 4.69) is 20.8 Å². The Morgan fingerprint density at radius 1 is 1.04 bits per heavy atom. The fraction of sp³-hybridized carbons (Fsp3) is 0.955. The summed E-state index contributed by atoms with van der Waals surface area (Å²) in [4.78, 5) is 12.4. The van der Waals surface area contributed by atoms with Gasteiger partial charge in [0.15, 0.2) is 0 Å². The fourth-order valence-electron chi connectivity index (χ4n) is 6.90. The Morgan fingerprint density at radius 3 is 2.46 bits per heavy atom. The summed E-state index contributed by atoms with van der Waals surface area (Å²) in [7, 11) is 0. The van der Waals surface area contributed by atoms with Crippen molar-refractivity contribution in [1.29, 1.82) is 0 Å². The Hall–Kier alpha value is -0.370. The number of ketones is 1. The Bertz CT molecular complexity index is 445. The Kier molecular flexibility index (Phi) is 5.74. The van der Waals surface area contributed by atoms with Gasteiger partial charge in [-0.3, -0.25) is 4.79 Å². The molecule has 0 bridgehead atoms. The predicted octanol–water partition coefficient (Wildman–Crippen LogP) is 5.50. The number of fused-ring (bicyclic) bond motifs is 3. The molecule has 0 aromatic heterocycles. The third kappa shape index (κ3) is 3.20. The first-order chi connectivity index (χ1) is 11.5. The average Bonchev–Trinajstić information content (AvgIpc) is 2.59. The molecule has 3 fully saturated rings. The predicted molar refractivity (Wildman–Crippen MR) is 98.8 cm³/mol. The van der Waals surface area contributed by atoms with Crippen LogP contribution in [0, 0.1) is 40.9 Å². The number of hydrogen-bond donors (Lipinski definition) is 0. The lowest BCUT2D eigenvalue weighted by Crippen LogP contribution is -2.51. The lowest BCUT2D eigenvalue weighted by molar-refractivity contribution is -0.140. The summed E-state index contributed by atoms with van der Waals surface area (Å²) in [6, 6.07) is 0. The first-order valence-corrected chi connectivity index (χ1v) is 10.6. The molecule has 3 saturated carbocycles. The van der Waals surface area contributed by atoms with Crippen LogP contribution >= 0.6 is 0 Å². The van der Waals surface area contributed by atoms with Crippen LogP contribution in [0.3, 0.4) is 0 Å². The topological polar surface area (TPSA) is 26.3 Å². The number of carbonyl (C=O) groups is 1. The van der Waals surface area contributed by atoms with Crippen molar-refractivity contribution in [2.75, 3.05) is 13.2 Å². The molecule has 0 aromatic rings. The maximum Gasteiger partial charge on any atom is 0.135 e. The van der Waals surface area contributed by atoms with Crippen LogP contribution in [0.2, 0.25) is 0 Å². The van der Waals surface area contributed by atoms with E-state index >= 15 is 0 Å². The summed E-state index contributed by atoms with van der Waals surface area (Å²) in [5.74, 6) is 5.44. The molecule has 3 aliphatic rings. The minimum Gasteiger partial charge on any atom is -0.381 e. The standard InChI is InChI=1S/C22H38O2/c1-5-21-20-10-8-17-13-16(14-24-6-2)7-9-18(17)19(20)11-12-22(21,4)15(3)23/h16-21H,5-14H2,1-4H3. The molecule has 0 spiro atoms. The maximum atomic E-state index is 12.4. The van der Waals surface area contributed by atoms with Gasteiger partial charge in [-0.05, 0) is 94.3 Å². The number of carbonyl (C=O) groups excluding carboxylic acids is 1. The zero-order valence-electron chi connectivity index (χ0n) is 16.4. The summed E-state index contributed by atoms with van der Waals surface area (Å²) < 4.78 is 5.71. The van der Waals surface area contributed by atoms with Crippen molar-refractivity contribution in [2.45, 2.75) is 79.1 Å². The molecule has 0 heterocycles. The minimum atomic E-state index is -0.0467. The highest BCUT2D eigenvalue weighted by Gasteiger charge is 2.53. The van der Waals surface area contributed by atoms with Gasteiger partial charge >= 0.3 is 0 Å². The highest BCUT2D eigenvalue weighted by Crippen LogP contribution is 2.59. The molecule has 0 N–H and O–H groups in total. The monoisotopic (exact) mass is 334 g/mol. The zero-order chi connectivity index (χ0) is 17.3. The lowest BCUT2D eigenvalue weighted by atomic mass is 9.48. The molecule has 24 heavy (non-hydrogen) atoms. The van der Waals surface area contributed by atoms with Crippen LogP contribution in [0.4, 0.5) is 0 Å². The van der Waals surface area contributed by atoms with E-state index in [0.29, 0.717) is 11.7 Å². The lowest BCUT2D eigenvalue weighted by Gasteiger charge is -2.56. The largest absolute Gasteiger partial charge is 0.381 e. The molecule has 7 atom stereocenters. The molecule has 3 rings (SSSR count). The van der Waals surface area contributed by atoms with Gasteiger partial charge in [-0.25, -0.2) is 0 Å². The first kappa shape index (κ1) is 18.4. The van der Waals surface area contributed by atoms with Crippen molar-refractivity contribution in [3.8, 4) is 0 Å². The second kappa shape index (κ2) is 7.48. The third-order valence-corrected chi connectivity index (χ3v) is 8.25. The van der Waals surface area contributed by atoms with Gasteiger partial charge < -0.3 is 4.74 Å². The van der Waals surface area contributed by atoms with E-state index in [1.54, 1.807) is 0 Å². The van der Waals surface area contributed by atoms with Crippen LogP contribution in [0.1, 0.15) is 79.1 Å². The molecule has 3 aliphatic carbocycles. The van der Waals surface area contributed by atoms with Crippen LogP contribution in [0.15, 0.2) is 0 Å². The van der Waals surface area contributed by atoms with Gasteiger partial charge in [0, 0.05) is 18.6 Å². The summed E-state index contributed by atoms with van der Waals surface area (Å²) in [6.07, 6.45) is 10.6. The maximum absolute atomic E-state index is 12.4. The van der Waals surface area contributed by atoms with Crippen molar-refractivity contribution in [1.82, 2.24) is 0 Å². The van der Waals surface area contributed by atoms with E-state index in [-0.39, 0.29) is 5.41 Å². The third-order valence-electron chi connectivity index (χ3n) is 8.25. The highest BCUT2D eigenvalue weighted by atomic mass is 16.5. The van der Waals surface area contributed by atoms with Crippen molar-refractivity contribution in [2.24, 2.45) is 40.9 Å².